The zero-order chi connectivity index (χ0) is 27.9. The van der Waals surface area contributed by atoms with Gasteiger partial charge < -0.3 is 33.7 Å². The first-order valence-corrected chi connectivity index (χ1v) is 16.2. The van der Waals surface area contributed by atoms with Crippen molar-refractivity contribution in [3.63, 3.8) is 0 Å². The first kappa shape index (κ1) is 29.8. The fourth-order valence-corrected chi connectivity index (χ4v) is 7.92. The highest BCUT2D eigenvalue weighted by molar-refractivity contribution is 6.74. The van der Waals surface area contributed by atoms with Crippen LogP contribution in [0.5, 0.6) is 0 Å². The Morgan fingerprint density at radius 3 is 2.17 bits per heavy atom. The first-order chi connectivity index (χ1) is 16.0. The van der Waals surface area contributed by atoms with Crippen LogP contribution in [0.3, 0.4) is 0 Å². The summed E-state index contributed by atoms with van der Waals surface area (Å²) in [6.45, 7) is 22.6. The van der Waals surface area contributed by atoms with Crippen LogP contribution >= 0.6 is 0 Å². The van der Waals surface area contributed by atoms with Crippen LogP contribution in [0.4, 0.5) is 4.79 Å². The standard InChI is InChI=1S/C27H51NO7Si/c1-22(2,3)36(12,13)32-16-27-25(8)17(34-24(6,7)35-27)14-15-23(4,5)19(25)18(20(29)26(27,9)31)33-21(30)28(10)11/h17-20,29,31H,14-16H2,1-13H3/t17-,18-,19-,20-,25-,26+,27-/m0/s1. The molecule has 0 unspecified atom stereocenters. The van der Waals surface area contributed by atoms with E-state index < -0.39 is 49.0 Å². The Morgan fingerprint density at radius 1 is 1.11 bits per heavy atom. The number of rotatable bonds is 4. The lowest BCUT2D eigenvalue weighted by atomic mass is 9.41. The quantitative estimate of drug-likeness (QED) is 0.516. The molecule has 0 radical (unpaired) electrons. The maximum atomic E-state index is 12.8. The van der Waals surface area contributed by atoms with Gasteiger partial charge in [0, 0.05) is 25.4 Å². The summed E-state index contributed by atoms with van der Waals surface area (Å²) in [4.78, 5) is 14.1. The van der Waals surface area contributed by atoms with Gasteiger partial charge in [-0.05, 0) is 57.2 Å². The van der Waals surface area contributed by atoms with E-state index in [4.69, 9.17) is 18.6 Å². The van der Waals surface area contributed by atoms with Crippen molar-refractivity contribution >= 4 is 14.4 Å². The molecule has 1 aliphatic heterocycles. The maximum Gasteiger partial charge on any atom is 0.409 e. The number of carbonyl (C=O) groups excluding carboxylic acids is 1. The molecule has 3 rings (SSSR count). The highest BCUT2D eigenvalue weighted by atomic mass is 28.4. The van der Waals surface area contributed by atoms with Crippen molar-refractivity contribution < 1.29 is 33.6 Å². The predicted octanol–water partition coefficient (Wildman–Crippen LogP) is 4.53. The van der Waals surface area contributed by atoms with Gasteiger partial charge in [-0.15, -0.1) is 0 Å². The molecule has 2 saturated carbocycles. The number of aliphatic hydroxyl groups excluding tert-OH is 1. The SMILES string of the molecule is CN(C)C(=O)O[C@H]1[C@H]2C(C)(C)CC[C@@H]3OC(C)(C)O[C@@](CO[Si](C)(C)C(C)(C)C)([C@@]32C)[C@](C)(O)[C@H]1O. The highest BCUT2D eigenvalue weighted by Gasteiger charge is 2.80. The molecule has 0 aromatic rings. The maximum absolute atomic E-state index is 12.8. The van der Waals surface area contributed by atoms with E-state index in [2.05, 4.69) is 54.6 Å². The summed E-state index contributed by atoms with van der Waals surface area (Å²) in [6, 6.07) is 0. The average molecular weight is 530 g/mol. The summed E-state index contributed by atoms with van der Waals surface area (Å²) >= 11 is 0. The van der Waals surface area contributed by atoms with Crippen molar-refractivity contribution in [3.8, 4) is 0 Å². The summed E-state index contributed by atoms with van der Waals surface area (Å²) in [6.07, 6.45) is -1.62. The van der Waals surface area contributed by atoms with Crippen molar-refractivity contribution in [3.05, 3.63) is 0 Å². The molecular weight excluding hydrogens is 478 g/mol. The molecule has 210 valence electrons. The van der Waals surface area contributed by atoms with Crippen LogP contribution in [0.1, 0.15) is 75.2 Å². The zero-order valence-electron chi connectivity index (χ0n) is 24.8. The van der Waals surface area contributed by atoms with Gasteiger partial charge in [0.2, 0.25) is 0 Å². The number of nitrogens with zero attached hydrogens (tertiary/aromatic N) is 1. The molecule has 1 heterocycles. The van der Waals surface area contributed by atoms with E-state index in [0.29, 0.717) is 0 Å². The number of aliphatic hydroxyl groups is 2. The summed E-state index contributed by atoms with van der Waals surface area (Å²) in [7, 11) is 0.950. The topological polar surface area (TPSA) is 97.7 Å². The Labute approximate surface area is 219 Å². The van der Waals surface area contributed by atoms with Gasteiger partial charge in [-0.3, -0.25) is 0 Å². The minimum absolute atomic E-state index is 0.0568. The van der Waals surface area contributed by atoms with Crippen molar-refractivity contribution in [2.75, 3.05) is 20.7 Å². The molecule has 1 saturated heterocycles. The summed E-state index contributed by atoms with van der Waals surface area (Å²) in [5.74, 6) is -1.37. The average Bonchev–Trinajstić information content (AvgIpc) is 2.69. The fraction of sp³-hybridized carbons (Fsp3) is 0.963. The number of ether oxygens (including phenoxy) is 3. The Bertz CT molecular complexity index is 865. The third-order valence-electron chi connectivity index (χ3n) is 10.0. The Hall–Kier alpha value is -0.713. The van der Waals surface area contributed by atoms with Gasteiger partial charge in [0.25, 0.3) is 0 Å². The molecule has 0 bridgehead atoms. The largest absolute Gasteiger partial charge is 0.443 e. The molecule has 1 amide bonds. The molecular formula is C27H51NO7Si. The van der Waals surface area contributed by atoms with Crippen molar-refractivity contribution in [1.29, 1.82) is 0 Å². The monoisotopic (exact) mass is 529 g/mol. The van der Waals surface area contributed by atoms with Crippen LogP contribution in [0, 0.1) is 16.7 Å². The van der Waals surface area contributed by atoms with Gasteiger partial charge in [0.1, 0.15) is 23.4 Å². The van der Waals surface area contributed by atoms with Crippen LogP contribution < -0.4 is 0 Å². The molecule has 9 heteroatoms. The van der Waals surface area contributed by atoms with Crippen molar-refractivity contribution in [2.24, 2.45) is 16.7 Å². The van der Waals surface area contributed by atoms with Gasteiger partial charge >= 0.3 is 6.09 Å². The van der Waals surface area contributed by atoms with Crippen LogP contribution in [0.2, 0.25) is 18.1 Å². The van der Waals surface area contributed by atoms with Crippen LogP contribution in [-0.4, -0.2) is 85.5 Å². The van der Waals surface area contributed by atoms with E-state index in [1.165, 1.54) is 4.90 Å². The van der Waals surface area contributed by atoms with E-state index in [9.17, 15) is 15.0 Å². The number of hydrogen-bond acceptors (Lipinski definition) is 7. The third-order valence-corrected chi connectivity index (χ3v) is 14.5. The number of amides is 1. The molecule has 7 atom stereocenters. The Kier molecular flexibility index (Phi) is 7.17. The minimum Gasteiger partial charge on any atom is -0.443 e. The van der Waals surface area contributed by atoms with Gasteiger partial charge in [0.15, 0.2) is 14.1 Å². The summed E-state index contributed by atoms with van der Waals surface area (Å²) in [5.41, 5.74) is -4.28. The minimum atomic E-state index is -2.27. The Balaban J connectivity index is 2.26. The third kappa shape index (κ3) is 4.26. The summed E-state index contributed by atoms with van der Waals surface area (Å²) < 4.78 is 26.1. The number of hydrogen-bond donors (Lipinski definition) is 2. The molecule has 0 aromatic carbocycles. The molecule has 2 aliphatic carbocycles. The van der Waals surface area contributed by atoms with Crippen LogP contribution in [0.15, 0.2) is 0 Å². The van der Waals surface area contributed by atoms with E-state index in [0.717, 1.165) is 12.8 Å². The highest BCUT2D eigenvalue weighted by Crippen LogP contribution is 2.69. The molecule has 0 spiro atoms. The van der Waals surface area contributed by atoms with E-state index in [-0.39, 0.29) is 29.1 Å². The first-order valence-electron chi connectivity index (χ1n) is 13.3. The lowest BCUT2D eigenvalue weighted by molar-refractivity contribution is -0.466. The van der Waals surface area contributed by atoms with E-state index in [1.54, 1.807) is 21.0 Å². The molecule has 3 aliphatic rings. The van der Waals surface area contributed by atoms with Gasteiger partial charge in [-0.1, -0.05) is 41.5 Å². The smallest absolute Gasteiger partial charge is 0.409 e. The molecule has 2 N–H and O–H groups in total. The molecule has 0 aromatic heterocycles. The van der Waals surface area contributed by atoms with Crippen LogP contribution in [0.25, 0.3) is 0 Å². The molecule has 36 heavy (non-hydrogen) atoms. The van der Waals surface area contributed by atoms with Crippen LogP contribution in [-0.2, 0) is 18.6 Å². The van der Waals surface area contributed by atoms with Gasteiger partial charge in [-0.2, -0.15) is 0 Å². The second-order valence-corrected chi connectivity index (χ2v) is 19.4. The lowest BCUT2D eigenvalue weighted by Gasteiger charge is -2.74. The van der Waals surface area contributed by atoms with Crippen molar-refractivity contribution in [1.82, 2.24) is 4.90 Å². The van der Waals surface area contributed by atoms with Gasteiger partial charge in [0.05, 0.1) is 12.7 Å². The Morgan fingerprint density at radius 2 is 1.67 bits per heavy atom. The zero-order valence-corrected chi connectivity index (χ0v) is 25.8. The second kappa shape index (κ2) is 8.65. The van der Waals surface area contributed by atoms with E-state index >= 15 is 0 Å². The van der Waals surface area contributed by atoms with E-state index in [1.807, 2.05) is 13.8 Å². The van der Waals surface area contributed by atoms with Crippen molar-refractivity contribution in [2.45, 2.75) is 129 Å². The molecule has 3 fully saturated rings. The number of carbonyl (C=O) groups is 1. The normalized spacial score (nSPS) is 41.9. The van der Waals surface area contributed by atoms with Gasteiger partial charge in [-0.25, -0.2) is 4.79 Å². The molecule has 8 nitrogen and oxygen atoms in total. The second-order valence-electron chi connectivity index (χ2n) is 14.6. The summed E-state index contributed by atoms with van der Waals surface area (Å²) in [5, 5.41) is 24.1. The lowest BCUT2D eigenvalue weighted by Crippen LogP contribution is -2.86. The predicted molar refractivity (Wildman–Crippen MR) is 141 cm³/mol. The fourth-order valence-electron chi connectivity index (χ4n) is 6.92.